The van der Waals surface area contributed by atoms with Crippen molar-refractivity contribution in [3.63, 3.8) is 0 Å². The van der Waals surface area contributed by atoms with Crippen molar-refractivity contribution in [3.05, 3.63) is 54.1 Å². The number of hydrogen-bond acceptors (Lipinski definition) is 5. The molecule has 1 saturated carbocycles. The normalized spacial score (nSPS) is 26.3. The third-order valence-electron chi connectivity index (χ3n) is 7.62. The minimum Gasteiger partial charge on any atom is -0.426 e. The van der Waals surface area contributed by atoms with Crippen LogP contribution in [-0.2, 0) is 25.6 Å². The lowest BCUT2D eigenvalue weighted by atomic mass is 9.76. The van der Waals surface area contributed by atoms with Gasteiger partial charge >= 0.3 is 5.97 Å². The number of rotatable bonds is 5. The number of aryl methyl sites for hydroxylation is 1. The summed E-state index contributed by atoms with van der Waals surface area (Å²) in [6.45, 7) is 4.44. The van der Waals surface area contributed by atoms with Crippen molar-refractivity contribution in [1.29, 1.82) is 0 Å². The van der Waals surface area contributed by atoms with E-state index in [1.807, 2.05) is 31.2 Å². The number of ether oxygens (including phenoxy) is 1. The lowest BCUT2D eigenvalue weighted by Gasteiger charge is -2.25. The summed E-state index contributed by atoms with van der Waals surface area (Å²) in [7, 11) is 0. The zero-order valence-corrected chi connectivity index (χ0v) is 20.1. The molecule has 4 atom stereocenters. The Bertz CT molecular complexity index is 1170. The first-order valence-electron chi connectivity index (χ1n) is 12.4. The number of anilines is 2. The molecule has 3 fully saturated rings. The Hall–Kier alpha value is -3.48. The third-order valence-corrected chi connectivity index (χ3v) is 7.62. The number of carbonyl (C=O) groups excluding carboxylic acids is 4. The summed E-state index contributed by atoms with van der Waals surface area (Å²) < 4.78 is 5.56. The molecule has 0 unspecified atom stereocenters. The number of benzene rings is 2. The summed E-state index contributed by atoms with van der Waals surface area (Å²) in [5.74, 6) is -1.06. The maximum absolute atomic E-state index is 12.9. The lowest BCUT2D eigenvalue weighted by Crippen LogP contribution is -2.30. The Morgan fingerprint density at radius 2 is 1.69 bits per heavy atom. The summed E-state index contributed by atoms with van der Waals surface area (Å²) in [4.78, 5) is 54.3. The van der Waals surface area contributed by atoms with Crippen LogP contribution in [-0.4, -0.2) is 30.2 Å². The van der Waals surface area contributed by atoms with Crippen molar-refractivity contribution in [2.24, 2.45) is 23.7 Å². The fourth-order valence-corrected chi connectivity index (χ4v) is 5.68. The minimum atomic E-state index is -0.557. The molecular weight excluding hydrogens is 444 g/mol. The van der Waals surface area contributed by atoms with E-state index in [1.54, 1.807) is 29.2 Å². The van der Waals surface area contributed by atoms with Gasteiger partial charge in [-0.05, 0) is 67.5 Å². The first-order chi connectivity index (χ1) is 16.9. The van der Waals surface area contributed by atoms with Crippen LogP contribution in [0, 0.1) is 23.7 Å². The quantitative estimate of drug-likeness (QED) is 0.370. The van der Waals surface area contributed by atoms with Gasteiger partial charge in [0.15, 0.2) is 0 Å². The van der Waals surface area contributed by atoms with Crippen molar-refractivity contribution < 1.29 is 23.9 Å². The molecule has 5 rings (SSSR count). The molecule has 7 heteroatoms. The molecule has 0 aromatic heterocycles. The highest BCUT2D eigenvalue weighted by Crippen LogP contribution is 2.42. The van der Waals surface area contributed by atoms with Crippen LogP contribution in [0.15, 0.2) is 48.5 Å². The van der Waals surface area contributed by atoms with E-state index in [0.29, 0.717) is 17.4 Å². The van der Waals surface area contributed by atoms with Gasteiger partial charge in [0.2, 0.25) is 17.7 Å². The highest BCUT2D eigenvalue weighted by atomic mass is 16.5. The van der Waals surface area contributed by atoms with Gasteiger partial charge < -0.3 is 9.64 Å². The predicted octanol–water partition coefficient (Wildman–Crippen LogP) is 4.13. The monoisotopic (exact) mass is 474 g/mol. The number of fused-ring (bicyclic) bond motifs is 1. The largest absolute Gasteiger partial charge is 0.426 e. The van der Waals surface area contributed by atoms with E-state index in [2.05, 4.69) is 6.92 Å². The van der Waals surface area contributed by atoms with Crippen LogP contribution in [0.2, 0.25) is 0 Å². The molecule has 2 aliphatic heterocycles. The molecule has 2 aromatic carbocycles. The molecule has 2 aromatic rings. The van der Waals surface area contributed by atoms with Crippen LogP contribution in [0.4, 0.5) is 11.4 Å². The van der Waals surface area contributed by atoms with Crippen LogP contribution in [0.25, 0.3) is 0 Å². The molecule has 182 valence electrons. The van der Waals surface area contributed by atoms with Gasteiger partial charge in [-0.3, -0.25) is 24.1 Å². The fraction of sp³-hybridized carbons (Fsp3) is 0.429. The maximum Gasteiger partial charge on any atom is 0.316 e. The zero-order chi connectivity index (χ0) is 24.7. The second-order valence-electron chi connectivity index (χ2n) is 9.95. The Balaban J connectivity index is 1.25. The summed E-state index contributed by atoms with van der Waals surface area (Å²) in [5.41, 5.74) is 2.40. The number of imide groups is 1. The standard InChI is InChI=1S/C28H30N2O5/c1-3-18-6-4-5-7-24(18)29-16-19(15-25(29)31)28(34)35-21-11-9-20(10-12-21)30-26(32)22-13-8-17(2)14-23(22)27(30)33/h4-7,9-12,17,19,22-23H,3,8,13-16H2,1-2H3/t17-,19-,22-,23+/m1/s1. The van der Waals surface area contributed by atoms with E-state index in [4.69, 9.17) is 4.74 Å². The van der Waals surface area contributed by atoms with Crippen LogP contribution in [0.5, 0.6) is 5.75 Å². The SMILES string of the molecule is CCc1ccccc1N1C[C@H](C(=O)Oc2ccc(N3C(=O)[C@H]4C[C@H](C)CC[C@H]4C3=O)cc2)CC1=O. The molecule has 0 radical (unpaired) electrons. The summed E-state index contributed by atoms with van der Waals surface area (Å²) in [6.07, 6.45) is 3.37. The van der Waals surface area contributed by atoms with Crippen molar-refractivity contribution in [3.8, 4) is 5.75 Å². The number of amides is 3. The third kappa shape index (κ3) is 4.24. The van der Waals surface area contributed by atoms with E-state index in [9.17, 15) is 19.2 Å². The van der Waals surface area contributed by atoms with Gasteiger partial charge in [-0.1, -0.05) is 32.0 Å². The Kier molecular flexibility index (Phi) is 6.17. The molecular formula is C28H30N2O5. The van der Waals surface area contributed by atoms with Crippen molar-refractivity contribution in [2.45, 2.75) is 46.0 Å². The van der Waals surface area contributed by atoms with E-state index >= 15 is 0 Å². The second kappa shape index (κ2) is 9.29. The number of hydrogen-bond donors (Lipinski definition) is 0. The lowest BCUT2D eigenvalue weighted by molar-refractivity contribution is -0.139. The van der Waals surface area contributed by atoms with E-state index in [-0.39, 0.29) is 42.5 Å². The van der Waals surface area contributed by atoms with Gasteiger partial charge in [0, 0.05) is 18.7 Å². The molecule has 0 bridgehead atoms. The predicted molar refractivity (Wildman–Crippen MR) is 131 cm³/mol. The second-order valence-corrected chi connectivity index (χ2v) is 9.95. The average molecular weight is 475 g/mol. The molecule has 7 nitrogen and oxygen atoms in total. The molecule has 3 aliphatic rings. The topological polar surface area (TPSA) is 84.0 Å². The first kappa shape index (κ1) is 23.3. The van der Waals surface area contributed by atoms with Gasteiger partial charge in [-0.25, -0.2) is 0 Å². The smallest absolute Gasteiger partial charge is 0.316 e. The number of esters is 1. The maximum atomic E-state index is 12.9. The van der Waals surface area contributed by atoms with Crippen LogP contribution >= 0.6 is 0 Å². The zero-order valence-electron chi connectivity index (χ0n) is 20.1. The van der Waals surface area contributed by atoms with Gasteiger partial charge in [0.1, 0.15) is 5.75 Å². The number of nitrogens with zero attached hydrogens (tertiary/aromatic N) is 2. The highest BCUT2D eigenvalue weighted by molar-refractivity contribution is 6.22. The number of carbonyl (C=O) groups is 4. The molecule has 0 N–H and O–H groups in total. The molecule has 2 saturated heterocycles. The van der Waals surface area contributed by atoms with Crippen molar-refractivity contribution in [2.75, 3.05) is 16.3 Å². The summed E-state index contributed by atoms with van der Waals surface area (Å²) >= 11 is 0. The van der Waals surface area contributed by atoms with Crippen molar-refractivity contribution >= 4 is 35.1 Å². The molecule has 35 heavy (non-hydrogen) atoms. The first-order valence-corrected chi connectivity index (χ1v) is 12.4. The van der Waals surface area contributed by atoms with Crippen LogP contribution in [0.3, 0.4) is 0 Å². The highest BCUT2D eigenvalue weighted by Gasteiger charge is 2.50. The van der Waals surface area contributed by atoms with E-state index in [1.165, 1.54) is 4.90 Å². The Morgan fingerprint density at radius 3 is 2.43 bits per heavy atom. The molecule has 3 amide bonds. The van der Waals surface area contributed by atoms with Gasteiger partial charge in [0.25, 0.3) is 0 Å². The molecule has 2 heterocycles. The number of para-hydroxylation sites is 1. The molecule has 0 spiro atoms. The molecule has 1 aliphatic carbocycles. The van der Waals surface area contributed by atoms with Crippen LogP contribution < -0.4 is 14.5 Å². The Labute approximate surface area is 205 Å². The van der Waals surface area contributed by atoms with E-state index < -0.39 is 11.9 Å². The summed E-state index contributed by atoms with van der Waals surface area (Å²) in [6, 6.07) is 14.2. The van der Waals surface area contributed by atoms with Crippen LogP contribution in [0.1, 0.15) is 45.1 Å². The minimum absolute atomic E-state index is 0.0926. The van der Waals surface area contributed by atoms with Gasteiger partial charge in [-0.15, -0.1) is 0 Å². The summed E-state index contributed by atoms with van der Waals surface area (Å²) in [5, 5.41) is 0. The van der Waals surface area contributed by atoms with Gasteiger partial charge in [-0.2, -0.15) is 0 Å². The van der Waals surface area contributed by atoms with Crippen molar-refractivity contribution in [1.82, 2.24) is 0 Å². The fourth-order valence-electron chi connectivity index (χ4n) is 5.68. The Morgan fingerprint density at radius 1 is 0.971 bits per heavy atom. The van der Waals surface area contributed by atoms with E-state index in [0.717, 1.165) is 36.9 Å². The van der Waals surface area contributed by atoms with Gasteiger partial charge in [0.05, 0.1) is 23.4 Å². The average Bonchev–Trinajstić information content (AvgIpc) is 3.36.